The van der Waals surface area contributed by atoms with E-state index in [0.29, 0.717) is 18.9 Å². The number of aliphatic hydroxyl groups is 1. The van der Waals surface area contributed by atoms with Crippen LogP contribution in [0.25, 0.3) is 10.2 Å². The van der Waals surface area contributed by atoms with E-state index >= 15 is 0 Å². The van der Waals surface area contributed by atoms with Crippen molar-refractivity contribution in [1.29, 1.82) is 0 Å². The molecule has 2 aliphatic rings. The molecule has 1 amide bonds. The van der Waals surface area contributed by atoms with E-state index < -0.39 is 0 Å². The Labute approximate surface area is 146 Å². The predicted molar refractivity (Wildman–Crippen MR) is 96.0 cm³/mol. The Kier molecular flexibility index (Phi) is 4.09. The normalized spacial score (nSPS) is 28.8. The molecule has 3 atom stereocenters. The summed E-state index contributed by atoms with van der Waals surface area (Å²) in [6, 6.07) is 8.70. The van der Waals surface area contributed by atoms with Crippen LogP contribution in [-0.4, -0.2) is 39.6 Å². The summed E-state index contributed by atoms with van der Waals surface area (Å²) in [7, 11) is 0. The molecular weight excluding hydrogens is 320 g/mol. The van der Waals surface area contributed by atoms with E-state index in [1.807, 2.05) is 18.2 Å². The first-order valence-electron chi connectivity index (χ1n) is 8.93. The summed E-state index contributed by atoms with van der Waals surface area (Å²) in [6.07, 6.45) is 5.31. The molecule has 0 spiro atoms. The lowest BCUT2D eigenvalue weighted by Gasteiger charge is -2.34. The first-order valence-corrected chi connectivity index (χ1v) is 9.75. The largest absolute Gasteiger partial charge is 0.396 e. The monoisotopic (exact) mass is 344 g/mol. The Hall–Kier alpha value is -1.46. The van der Waals surface area contributed by atoms with Crippen molar-refractivity contribution in [2.45, 2.75) is 57.5 Å². The van der Waals surface area contributed by atoms with Crippen LogP contribution in [0.2, 0.25) is 0 Å². The zero-order chi connectivity index (χ0) is 16.7. The fourth-order valence-electron chi connectivity index (χ4n) is 4.70. The van der Waals surface area contributed by atoms with Crippen molar-refractivity contribution in [3.05, 3.63) is 29.3 Å². The molecule has 128 valence electrons. The van der Waals surface area contributed by atoms with Gasteiger partial charge >= 0.3 is 0 Å². The summed E-state index contributed by atoms with van der Waals surface area (Å²) >= 11 is 1.69. The van der Waals surface area contributed by atoms with Gasteiger partial charge in [0.25, 0.3) is 0 Å². The number of aromatic nitrogens is 1. The highest BCUT2D eigenvalue weighted by Crippen LogP contribution is 2.51. The highest BCUT2D eigenvalue weighted by Gasteiger charge is 2.55. The van der Waals surface area contributed by atoms with Crippen molar-refractivity contribution in [2.24, 2.45) is 5.41 Å². The molecule has 1 aromatic heterocycles. The standard InChI is InChI=1S/C19H24N2O2S/c1-2-19(12-22)11-13-7-8-16(19)21(13)18(23)10-9-17-20-14-5-3-4-6-15(14)24-17/h3-6,13,16,22H,2,7-12H2,1H3/t13-,16+,19-/m0/s1. The Morgan fingerprint density at radius 3 is 2.96 bits per heavy atom. The number of para-hydroxylation sites is 1. The first-order chi connectivity index (χ1) is 11.7. The third kappa shape index (κ3) is 2.45. The van der Waals surface area contributed by atoms with Gasteiger partial charge in [0.15, 0.2) is 0 Å². The van der Waals surface area contributed by atoms with Crippen molar-refractivity contribution >= 4 is 27.5 Å². The summed E-state index contributed by atoms with van der Waals surface area (Å²) in [5.74, 6) is 0.241. The smallest absolute Gasteiger partial charge is 0.223 e. The molecule has 0 aliphatic carbocycles. The Balaban J connectivity index is 1.45. The molecular formula is C19H24N2O2S. The lowest BCUT2D eigenvalue weighted by molar-refractivity contribution is -0.133. The van der Waals surface area contributed by atoms with E-state index in [1.54, 1.807) is 11.3 Å². The molecule has 1 N–H and O–H groups in total. The van der Waals surface area contributed by atoms with Gasteiger partial charge in [0.1, 0.15) is 0 Å². The minimum atomic E-state index is -0.0611. The number of carbonyl (C=O) groups is 1. The minimum Gasteiger partial charge on any atom is -0.396 e. The average molecular weight is 344 g/mol. The second kappa shape index (κ2) is 6.12. The number of carbonyl (C=O) groups excluding carboxylic acids is 1. The number of aliphatic hydroxyl groups excluding tert-OH is 1. The van der Waals surface area contributed by atoms with Crippen LogP contribution in [0.1, 0.15) is 44.0 Å². The summed E-state index contributed by atoms with van der Waals surface area (Å²) in [4.78, 5) is 19.6. The third-order valence-corrected chi connectivity index (χ3v) is 7.15. The van der Waals surface area contributed by atoms with Gasteiger partial charge in [-0.05, 0) is 37.8 Å². The first kappa shape index (κ1) is 16.0. The summed E-state index contributed by atoms with van der Waals surface area (Å²) in [6.45, 7) is 2.34. The molecule has 2 saturated heterocycles. The zero-order valence-corrected chi connectivity index (χ0v) is 14.9. The van der Waals surface area contributed by atoms with E-state index in [2.05, 4.69) is 22.9 Å². The fourth-order valence-corrected chi connectivity index (χ4v) is 5.67. The van der Waals surface area contributed by atoms with Crippen molar-refractivity contribution < 1.29 is 9.90 Å². The Bertz CT molecular complexity index is 720. The molecule has 5 heteroatoms. The second-order valence-corrected chi connectivity index (χ2v) is 8.32. The quantitative estimate of drug-likeness (QED) is 0.905. The van der Waals surface area contributed by atoms with Gasteiger partial charge in [-0.2, -0.15) is 0 Å². The Morgan fingerprint density at radius 2 is 2.25 bits per heavy atom. The van der Waals surface area contributed by atoms with Crippen molar-refractivity contribution in [1.82, 2.24) is 9.88 Å². The number of hydrogen-bond donors (Lipinski definition) is 1. The topological polar surface area (TPSA) is 53.4 Å². The van der Waals surface area contributed by atoms with Gasteiger partial charge in [0, 0.05) is 30.3 Å². The van der Waals surface area contributed by atoms with Crippen LogP contribution in [0.4, 0.5) is 0 Å². The average Bonchev–Trinajstić information content (AvgIpc) is 3.30. The highest BCUT2D eigenvalue weighted by molar-refractivity contribution is 7.18. The molecule has 0 radical (unpaired) electrons. The molecule has 3 heterocycles. The van der Waals surface area contributed by atoms with Crippen LogP contribution in [0, 0.1) is 5.41 Å². The second-order valence-electron chi connectivity index (χ2n) is 7.20. The fraction of sp³-hybridized carbons (Fsp3) is 0.579. The maximum Gasteiger partial charge on any atom is 0.223 e. The number of amides is 1. The molecule has 2 aromatic rings. The molecule has 0 saturated carbocycles. The van der Waals surface area contributed by atoms with Crippen molar-refractivity contribution in [3.63, 3.8) is 0 Å². The molecule has 1 aromatic carbocycles. The highest BCUT2D eigenvalue weighted by atomic mass is 32.1. The van der Waals surface area contributed by atoms with E-state index in [0.717, 1.165) is 36.2 Å². The van der Waals surface area contributed by atoms with Crippen molar-refractivity contribution in [2.75, 3.05) is 6.61 Å². The van der Waals surface area contributed by atoms with Crippen LogP contribution in [0.3, 0.4) is 0 Å². The number of benzene rings is 1. The van der Waals surface area contributed by atoms with Gasteiger partial charge in [-0.15, -0.1) is 11.3 Å². The molecule has 2 fully saturated rings. The van der Waals surface area contributed by atoms with Gasteiger partial charge in [-0.1, -0.05) is 19.1 Å². The van der Waals surface area contributed by atoms with Crippen molar-refractivity contribution in [3.8, 4) is 0 Å². The zero-order valence-electron chi connectivity index (χ0n) is 14.1. The number of thiazole rings is 1. The molecule has 2 bridgehead atoms. The van der Waals surface area contributed by atoms with E-state index in [-0.39, 0.29) is 24.0 Å². The third-order valence-electron chi connectivity index (χ3n) is 6.05. The van der Waals surface area contributed by atoms with Crippen LogP contribution < -0.4 is 0 Å². The summed E-state index contributed by atoms with van der Waals surface area (Å²) in [5.41, 5.74) is 0.963. The Morgan fingerprint density at radius 1 is 1.42 bits per heavy atom. The van der Waals surface area contributed by atoms with Gasteiger partial charge in [-0.3, -0.25) is 4.79 Å². The lowest BCUT2D eigenvalue weighted by Crippen LogP contribution is -2.42. The van der Waals surface area contributed by atoms with E-state index in [1.165, 1.54) is 4.70 Å². The van der Waals surface area contributed by atoms with Crippen LogP contribution in [-0.2, 0) is 11.2 Å². The number of hydrogen-bond acceptors (Lipinski definition) is 4. The SMILES string of the molecule is CC[C@@]1(CO)C[C@@H]2CC[C@H]1N2C(=O)CCc1nc2ccccc2s1. The molecule has 24 heavy (non-hydrogen) atoms. The maximum absolute atomic E-state index is 12.8. The number of nitrogens with zero attached hydrogens (tertiary/aromatic N) is 2. The van der Waals surface area contributed by atoms with Gasteiger partial charge in [0.05, 0.1) is 21.8 Å². The molecule has 2 aliphatic heterocycles. The molecule has 4 rings (SSSR count). The van der Waals surface area contributed by atoms with Gasteiger partial charge in [0.2, 0.25) is 5.91 Å². The van der Waals surface area contributed by atoms with Gasteiger partial charge < -0.3 is 10.0 Å². The van der Waals surface area contributed by atoms with E-state index in [9.17, 15) is 9.90 Å². The summed E-state index contributed by atoms with van der Waals surface area (Å²) < 4.78 is 1.19. The van der Waals surface area contributed by atoms with Crippen LogP contribution >= 0.6 is 11.3 Å². The number of aryl methyl sites for hydroxylation is 1. The minimum absolute atomic E-state index is 0.0611. The number of rotatable bonds is 5. The predicted octanol–water partition coefficient (Wildman–Crippen LogP) is 3.38. The molecule has 4 nitrogen and oxygen atoms in total. The summed E-state index contributed by atoms with van der Waals surface area (Å²) in [5, 5.41) is 10.9. The van der Waals surface area contributed by atoms with Crippen LogP contribution in [0.15, 0.2) is 24.3 Å². The maximum atomic E-state index is 12.8. The van der Waals surface area contributed by atoms with E-state index in [4.69, 9.17) is 0 Å². The van der Waals surface area contributed by atoms with Crippen LogP contribution in [0.5, 0.6) is 0 Å². The number of fused-ring (bicyclic) bond motifs is 3. The van der Waals surface area contributed by atoms with Gasteiger partial charge in [-0.25, -0.2) is 4.98 Å². The lowest BCUT2D eigenvalue weighted by atomic mass is 9.72. The molecule has 0 unspecified atom stereocenters.